The summed E-state index contributed by atoms with van der Waals surface area (Å²) in [7, 11) is 0. The molecule has 4 rings (SSSR count). The lowest BCUT2D eigenvalue weighted by molar-refractivity contribution is -0.142. The second kappa shape index (κ2) is 7.94. The first-order chi connectivity index (χ1) is 13.6. The normalized spacial score (nSPS) is 14.2. The Kier molecular flexibility index (Phi) is 5.21. The molecule has 0 aromatic heterocycles. The maximum atomic E-state index is 12.0. The van der Waals surface area contributed by atoms with Gasteiger partial charge >= 0.3 is 5.97 Å². The molecule has 0 spiro atoms. The summed E-state index contributed by atoms with van der Waals surface area (Å²) >= 11 is 6.10. The van der Waals surface area contributed by atoms with Gasteiger partial charge in [-0.15, -0.1) is 0 Å². The summed E-state index contributed by atoms with van der Waals surface area (Å²) in [6, 6.07) is 9.24. The Bertz CT molecular complexity index is 970. The van der Waals surface area contributed by atoms with Crippen molar-refractivity contribution in [1.29, 1.82) is 0 Å². The largest absolute Gasteiger partial charge is 0.454 e. The number of nitrogens with one attached hydrogen (secondary N) is 1. The smallest absolute Gasteiger partial charge is 0.331 e. The molecule has 144 valence electrons. The van der Waals surface area contributed by atoms with Gasteiger partial charge in [0.2, 0.25) is 6.79 Å². The summed E-state index contributed by atoms with van der Waals surface area (Å²) < 4.78 is 15.5. The van der Waals surface area contributed by atoms with Crippen molar-refractivity contribution in [3.8, 4) is 11.5 Å². The number of hydrogen-bond acceptors (Lipinski definition) is 5. The van der Waals surface area contributed by atoms with E-state index in [9.17, 15) is 9.59 Å². The molecular formula is C21H18ClNO5. The van der Waals surface area contributed by atoms with Gasteiger partial charge in [0.15, 0.2) is 18.1 Å². The molecule has 1 aliphatic carbocycles. The zero-order chi connectivity index (χ0) is 19.5. The highest BCUT2D eigenvalue weighted by atomic mass is 35.5. The van der Waals surface area contributed by atoms with Crippen LogP contribution in [0.15, 0.2) is 36.4 Å². The second-order valence-electron chi connectivity index (χ2n) is 6.56. The fourth-order valence-corrected chi connectivity index (χ4v) is 3.55. The van der Waals surface area contributed by atoms with E-state index in [1.54, 1.807) is 12.1 Å². The van der Waals surface area contributed by atoms with Crippen LogP contribution < -0.4 is 14.8 Å². The van der Waals surface area contributed by atoms with Gasteiger partial charge in [0.25, 0.3) is 5.91 Å². The van der Waals surface area contributed by atoms with E-state index in [1.807, 2.05) is 18.2 Å². The quantitative estimate of drug-likeness (QED) is 0.612. The summed E-state index contributed by atoms with van der Waals surface area (Å²) in [4.78, 5) is 23.9. The van der Waals surface area contributed by atoms with Gasteiger partial charge in [-0.2, -0.15) is 0 Å². The standard InChI is InChI=1S/C21H18ClNO5/c22-17-8-13(9-18-21(17)28-12-27-18)4-7-20(25)26-11-19(24)23-16-6-5-14-2-1-3-15(14)10-16/h4-10H,1-3,11-12H2,(H,23,24)/b7-4+. The van der Waals surface area contributed by atoms with Crippen molar-refractivity contribution in [2.24, 2.45) is 0 Å². The van der Waals surface area contributed by atoms with E-state index in [1.165, 1.54) is 23.3 Å². The van der Waals surface area contributed by atoms with Crippen LogP contribution in [0.4, 0.5) is 5.69 Å². The van der Waals surface area contributed by atoms with Gasteiger partial charge in [0.05, 0.1) is 5.02 Å². The van der Waals surface area contributed by atoms with Crippen molar-refractivity contribution in [2.75, 3.05) is 18.7 Å². The second-order valence-corrected chi connectivity index (χ2v) is 6.97. The topological polar surface area (TPSA) is 73.9 Å². The summed E-state index contributed by atoms with van der Waals surface area (Å²) in [5.74, 6) is 0.00238. The minimum atomic E-state index is -0.627. The highest BCUT2D eigenvalue weighted by Gasteiger charge is 2.17. The van der Waals surface area contributed by atoms with E-state index in [4.69, 9.17) is 25.8 Å². The Morgan fingerprint density at radius 2 is 2.00 bits per heavy atom. The van der Waals surface area contributed by atoms with Crippen molar-refractivity contribution >= 4 is 35.2 Å². The van der Waals surface area contributed by atoms with Crippen molar-refractivity contribution in [3.05, 3.63) is 58.1 Å². The maximum Gasteiger partial charge on any atom is 0.331 e. The molecule has 1 heterocycles. The zero-order valence-corrected chi connectivity index (χ0v) is 15.8. The molecule has 1 amide bonds. The highest BCUT2D eigenvalue weighted by molar-refractivity contribution is 6.32. The first-order valence-electron chi connectivity index (χ1n) is 8.94. The molecule has 2 aromatic rings. The SMILES string of the molecule is O=C(COC(=O)/C=C/c1cc(Cl)c2c(c1)OCO2)Nc1ccc2c(c1)CCC2. The van der Waals surface area contributed by atoms with Crippen LogP contribution in [0.25, 0.3) is 6.08 Å². The monoisotopic (exact) mass is 399 g/mol. The van der Waals surface area contributed by atoms with Crippen LogP contribution in [0.3, 0.4) is 0 Å². The van der Waals surface area contributed by atoms with Crippen molar-refractivity contribution in [2.45, 2.75) is 19.3 Å². The van der Waals surface area contributed by atoms with Gasteiger partial charge in [-0.05, 0) is 66.3 Å². The minimum Gasteiger partial charge on any atom is -0.454 e. The molecule has 6 nitrogen and oxygen atoms in total. The van der Waals surface area contributed by atoms with E-state index < -0.39 is 5.97 Å². The van der Waals surface area contributed by atoms with Gasteiger partial charge in [-0.25, -0.2) is 4.79 Å². The zero-order valence-electron chi connectivity index (χ0n) is 15.0. The Morgan fingerprint density at radius 1 is 1.14 bits per heavy atom. The number of benzene rings is 2. The van der Waals surface area contributed by atoms with Gasteiger partial charge in [-0.3, -0.25) is 4.79 Å². The van der Waals surface area contributed by atoms with Crippen LogP contribution >= 0.6 is 11.6 Å². The lowest BCUT2D eigenvalue weighted by atomic mass is 10.1. The molecule has 0 radical (unpaired) electrons. The summed E-state index contributed by atoms with van der Waals surface area (Å²) in [5, 5.41) is 3.15. The first kappa shape index (κ1) is 18.4. The average molecular weight is 400 g/mol. The lowest BCUT2D eigenvalue weighted by Gasteiger charge is -2.07. The van der Waals surface area contributed by atoms with Crippen LogP contribution in [0.2, 0.25) is 5.02 Å². The van der Waals surface area contributed by atoms with Crippen LogP contribution in [-0.4, -0.2) is 25.3 Å². The highest BCUT2D eigenvalue weighted by Crippen LogP contribution is 2.40. The Morgan fingerprint density at radius 3 is 2.89 bits per heavy atom. The predicted octanol–water partition coefficient (Wildman–Crippen LogP) is 3.75. The Labute approximate surface area is 167 Å². The predicted molar refractivity (Wildman–Crippen MR) is 105 cm³/mol. The fourth-order valence-electron chi connectivity index (χ4n) is 3.28. The molecule has 2 aromatic carbocycles. The molecule has 1 N–H and O–H groups in total. The molecular weight excluding hydrogens is 382 g/mol. The number of hydrogen-bond donors (Lipinski definition) is 1. The molecule has 0 atom stereocenters. The number of halogens is 1. The average Bonchev–Trinajstić information content (AvgIpc) is 3.33. The molecule has 28 heavy (non-hydrogen) atoms. The summed E-state index contributed by atoms with van der Waals surface area (Å²) in [5.41, 5.74) is 3.97. The molecule has 2 aliphatic rings. The number of rotatable bonds is 5. The van der Waals surface area contributed by atoms with Gasteiger partial charge in [0.1, 0.15) is 0 Å². The fraction of sp³-hybridized carbons (Fsp3) is 0.238. The third kappa shape index (κ3) is 4.12. The molecule has 0 unspecified atom stereocenters. The van der Waals surface area contributed by atoms with E-state index in [2.05, 4.69) is 5.32 Å². The number of fused-ring (bicyclic) bond motifs is 2. The number of esters is 1. The van der Waals surface area contributed by atoms with Crippen LogP contribution in [-0.2, 0) is 27.2 Å². The van der Waals surface area contributed by atoms with E-state index in [-0.39, 0.29) is 19.3 Å². The van der Waals surface area contributed by atoms with E-state index in [0.29, 0.717) is 27.8 Å². The van der Waals surface area contributed by atoms with Crippen LogP contribution in [0.5, 0.6) is 11.5 Å². The number of carbonyl (C=O) groups excluding carboxylic acids is 2. The molecule has 1 aliphatic heterocycles. The van der Waals surface area contributed by atoms with Crippen molar-refractivity contribution in [1.82, 2.24) is 0 Å². The lowest BCUT2D eigenvalue weighted by Crippen LogP contribution is -2.20. The third-order valence-corrected chi connectivity index (χ3v) is 4.87. The maximum absolute atomic E-state index is 12.0. The first-order valence-corrected chi connectivity index (χ1v) is 9.32. The molecule has 0 fully saturated rings. The van der Waals surface area contributed by atoms with Crippen molar-refractivity contribution < 1.29 is 23.8 Å². The number of amides is 1. The number of anilines is 1. The van der Waals surface area contributed by atoms with E-state index >= 15 is 0 Å². The van der Waals surface area contributed by atoms with Gasteiger partial charge in [0, 0.05) is 11.8 Å². The van der Waals surface area contributed by atoms with Crippen LogP contribution in [0, 0.1) is 0 Å². The van der Waals surface area contributed by atoms with E-state index in [0.717, 1.165) is 19.3 Å². The van der Waals surface area contributed by atoms with Gasteiger partial charge < -0.3 is 19.5 Å². The number of ether oxygens (including phenoxy) is 3. The van der Waals surface area contributed by atoms with Gasteiger partial charge in [-0.1, -0.05) is 17.7 Å². The minimum absolute atomic E-state index is 0.115. The number of aryl methyl sites for hydroxylation is 2. The third-order valence-electron chi connectivity index (χ3n) is 4.59. The number of carbonyl (C=O) groups is 2. The molecule has 0 bridgehead atoms. The Hall–Kier alpha value is -2.99. The van der Waals surface area contributed by atoms with Crippen molar-refractivity contribution in [3.63, 3.8) is 0 Å². The van der Waals surface area contributed by atoms with Crippen LogP contribution in [0.1, 0.15) is 23.1 Å². The summed E-state index contributed by atoms with van der Waals surface area (Å²) in [6.07, 6.45) is 6.03. The summed E-state index contributed by atoms with van der Waals surface area (Å²) in [6.45, 7) is -0.244. The Balaban J connectivity index is 1.29. The molecule has 0 saturated carbocycles. The molecule has 7 heteroatoms. The molecule has 0 saturated heterocycles.